The van der Waals surface area contributed by atoms with Crippen LogP contribution in [0.2, 0.25) is 0 Å². The number of halogens is 1. The summed E-state index contributed by atoms with van der Waals surface area (Å²) in [6.07, 6.45) is 3.61. The fraction of sp³-hybridized carbons (Fsp3) is 0.391. The van der Waals surface area contributed by atoms with E-state index >= 15 is 0 Å². The summed E-state index contributed by atoms with van der Waals surface area (Å²) in [4.78, 5) is 6.97. The molecular formula is C23H23FN6O. The lowest BCUT2D eigenvalue weighted by atomic mass is 9.97. The van der Waals surface area contributed by atoms with E-state index in [-0.39, 0.29) is 6.04 Å². The van der Waals surface area contributed by atoms with E-state index < -0.39 is 5.82 Å². The summed E-state index contributed by atoms with van der Waals surface area (Å²) < 4.78 is 19.8. The zero-order valence-corrected chi connectivity index (χ0v) is 17.7. The summed E-state index contributed by atoms with van der Waals surface area (Å²) in [5, 5.41) is 22.2. The maximum atomic E-state index is 14.1. The fourth-order valence-corrected chi connectivity index (χ4v) is 4.54. The number of aryl methyl sites for hydroxylation is 1. The Hall–Kier alpha value is -3.31. The van der Waals surface area contributed by atoms with Crippen LogP contribution in [0.5, 0.6) is 0 Å². The Balaban J connectivity index is 1.51. The zero-order chi connectivity index (χ0) is 21.7. The third kappa shape index (κ3) is 3.45. The molecule has 0 radical (unpaired) electrons. The number of hydrogen-bond donors (Lipinski definition) is 1. The van der Waals surface area contributed by atoms with E-state index in [0.717, 1.165) is 47.4 Å². The summed E-state index contributed by atoms with van der Waals surface area (Å²) in [5.41, 5.74) is 4.35. The molecular weight excluding hydrogens is 395 g/mol. The number of nitrogens with one attached hydrogen (secondary N) is 1. The van der Waals surface area contributed by atoms with E-state index in [0.29, 0.717) is 29.2 Å². The standard InChI is InChI=1S/C23H23FN6O/c1-12-15(8-25)4-16(24)5-20(12)13(2)27-23-21-6-17(9-26-22(21)14(3)28-29-23)30-10-18-7-19(11-30)31-18/h4-6,9,13,18-19H,7,10-11H2,1-3H3,(H,27,29)/t13-,18?,19?/m1/s1. The molecule has 0 spiro atoms. The van der Waals surface area contributed by atoms with Crippen molar-refractivity contribution in [2.75, 3.05) is 23.3 Å². The first-order valence-corrected chi connectivity index (χ1v) is 10.4. The van der Waals surface area contributed by atoms with Gasteiger partial charge in [-0.25, -0.2) is 4.39 Å². The van der Waals surface area contributed by atoms with Gasteiger partial charge < -0.3 is 15.0 Å². The number of rotatable bonds is 4. The minimum absolute atomic E-state index is 0.275. The Morgan fingerprint density at radius 1 is 1.23 bits per heavy atom. The van der Waals surface area contributed by atoms with Gasteiger partial charge in [-0.1, -0.05) is 0 Å². The van der Waals surface area contributed by atoms with E-state index in [4.69, 9.17) is 4.74 Å². The Bertz CT molecular complexity index is 1210. The van der Waals surface area contributed by atoms with Crippen LogP contribution in [0.15, 0.2) is 24.4 Å². The van der Waals surface area contributed by atoms with Crippen LogP contribution in [0.1, 0.15) is 41.8 Å². The molecule has 3 saturated heterocycles. The molecule has 3 aliphatic rings. The van der Waals surface area contributed by atoms with Gasteiger partial charge in [-0.3, -0.25) is 4.98 Å². The van der Waals surface area contributed by atoms with E-state index in [1.54, 1.807) is 0 Å². The van der Waals surface area contributed by atoms with Crippen molar-refractivity contribution in [1.29, 1.82) is 5.26 Å². The summed E-state index contributed by atoms with van der Waals surface area (Å²) in [5.74, 6) is 0.156. The molecule has 1 aromatic carbocycles. The van der Waals surface area contributed by atoms with Crippen LogP contribution in [0.3, 0.4) is 0 Å². The summed E-state index contributed by atoms with van der Waals surface area (Å²) >= 11 is 0. The van der Waals surface area contributed by atoms with Gasteiger partial charge in [-0.15, -0.1) is 5.10 Å². The lowest BCUT2D eigenvalue weighted by Gasteiger charge is -2.47. The third-order valence-electron chi connectivity index (χ3n) is 6.25. The quantitative estimate of drug-likeness (QED) is 0.689. The maximum absolute atomic E-state index is 14.1. The maximum Gasteiger partial charge on any atom is 0.158 e. The van der Waals surface area contributed by atoms with E-state index in [9.17, 15) is 9.65 Å². The minimum Gasteiger partial charge on any atom is -0.371 e. The Kier molecular flexibility index (Phi) is 4.71. The average molecular weight is 418 g/mol. The second-order valence-electron chi connectivity index (χ2n) is 8.39. The molecule has 1 N–H and O–H groups in total. The number of piperidine rings is 1. The van der Waals surface area contributed by atoms with Crippen molar-refractivity contribution in [3.05, 3.63) is 52.6 Å². The fourth-order valence-electron chi connectivity index (χ4n) is 4.54. The number of hydrogen-bond acceptors (Lipinski definition) is 7. The van der Waals surface area contributed by atoms with Crippen molar-refractivity contribution >= 4 is 22.4 Å². The number of benzene rings is 1. The van der Waals surface area contributed by atoms with Crippen molar-refractivity contribution in [2.24, 2.45) is 0 Å². The van der Waals surface area contributed by atoms with E-state index in [1.165, 1.54) is 12.1 Å². The molecule has 2 unspecified atom stereocenters. The molecule has 2 aromatic heterocycles. The van der Waals surface area contributed by atoms with Crippen LogP contribution in [0, 0.1) is 31.0 Å². The molecule has 3 aliphatic heterocycles. The highest BCUT2D eigenvalue weighted by molar-refractivity contribution is 5.92. The van der Waals surface area contributed by atoms with Gasteiger partial charge in [-0.2, -0.15) is 10.4 Å². The molecule has 3 atom stereocenters. The number of aromatic nitrogens is 3. The van der Waals surface area contributed by atoms with Crippen LogP contribution >= 0.6 is 0 Å². The molecule has 158 valence electrons. The SMILES string of the molecule is Cc1c(C#N)cc(F)cc1[C@@H](C)Nc1nnc(C)c2ncc(N3CC4CC(C3)O4)cc12. The molecule has 0 amide bonds. The molecule has 5 heterocycles. The molecule has 8 heteroatoms. The lowest BCUT2D eigenvalue weighted by Crippen LogP contribution is -2.57. The highest BCUT2D eigenvalue weighted by Gasteiger charge is 2.38. The van der Waals surface area contributed by atoms with Crippen molar-refractivity contribution in [3.8, 4) is 6.07 Å². The molecule has 0 saturated carbocycles. The number of fused-ring (bicyclic) bond motifs is 3. The largest absolute Gasteiger partial charge is 0.371 e. The number of pyridine rings is 1. The summed E-state index contributed by atoms with van der Waals surface area (Å²) in [7, 11) is 0. The van der Waals surface area contributed by atoms with Gasteiger partial charge in [0.05, 0.1) is 53.0 Å². The Morgan fingerprint density at radius 2 is 1.97 bits per heavy atom. The van der Waals surface area contributed by atoms with Gasteiger partial charge in [-0.05, 0) is 50.1 Å². The third-order valence-corrected chi connectivity index (χ3v) is 6.25. The average Bonchev–Trinajstić information content (AvgIpc) is 2.76. The van der Waals surface area contributed by atoms with Crippen molar-refractivity contribution in [3.63, 3.8) is 0 Å². The molecule has 0 aliphatic carbocycles. The highest BCUT2D eigenvalue weighted by Crippen LogP contribution is 2.34. The Labute approximate surface area is 179 Å². The van der Waals surface area contributed by atoms with Gasteiger partial charge in [0.1, 0.15) is 5.82 Å². The lowest BCUT2D eigenvalue weighted by molar-refractivity contribution is -0.133. The van der Waals surface area contributed by atoms with E-state index in [2.05, 4.69) is 37.5 Å². The predicted octanol–water partition coefficient (Wildman–Crippen LogP) is 3.80. The predicted molar refractivity (Wildman–Crippen MR) is 115 cm³/mol. The van der Waals surface area contributed by atoms with Gasteiger partial charge >= 0.3 is 0 Å². The second-order valence-corrected chi connectivity index (χ2v) is 8.39. The number of nitriles is 1. The number of nitrogens with zero attached hydrogens (tertiary/aromatic N) is 5. The van der Waals surface area contributed by atoms with Crippen molar-refractivity contribution < 1.29 is 9.13 Å². The molecule has 6 rings (SSSR count). The van der Waals surface area contributed by atoms with E-state index in [1.807, 2.05) is 27.0 Å². The molecule has 31 heavy (non-hydrogen) atoms. The first kappa shape index (κ1) is 19.6. The van der Waals surface area contributed by atoms with Gasteiger partial charge in [0.15, 0.2) is 5.82 Å². The molecule has 3 aromatic rings. The van der Waals surface area contributed by atoms with Gasteiger partial charge in [0.2, 0.25) is 0 Å². The van der Waals surface area contributed by atoms with Crippen LogP contribution in [-0.2, 0) is 4.74 Å². The highest BCUT2D eigenvalue weighted by atomic mass is 19.1. The second kappa shape index (κ2) is 7.43. The normalized spacial score (nSPS) is 20.8. The first-order chi connectivity index (χ1) is 14.9. The summed E-state index contributed by atoms with van der Waals surface area (Å²) in [6, 6.07) is 6.59. The molecule has 3 fully saturated rings. The zero-order valence-electron chi connectivity index (χ0n) is 17.7. The van der Waals surface area contributed by atoms with Crippen LogP contribution < -0.4 is 10.2 Å². The van der Waals surface area contributed by atoms with Crippen molar-refractivity contribution in [2.45, 2.75) is 45.4 Å². The van der Waals surface area contributed by atoms with Gasteiger partial charge in [0, 0.05) is 24.9 Å². The van der Waals surface area contributed by atoms with Crippen LogP contribution in [0.4, 0.5) is 15.9 Å². The topological polar surface area (TPSA) is 87.0 Å². The smallest absolute Gasteiger partial charge is 0.158 e. The molecule has 2 bridgehead atoms. The number of ether oxygens (including phenoxy) is 1. The minimum atomic E-state index is -0.430. The summed E-state index contributed by atoms with van der Waals surface area (Å²) in [6.45, 7) is 7.35. The van der Waals surface area contributed by atoms with Gasteiger partial charge in [0.25, 0.3) is 0 Å². The number of anilines is 2. The number of morpholine rings is 1. The Morgan fingerprint density at radius 3 is 2.68 bits per heavy atom. The molecule has 7 nitrogen and oxygen atoms in total. The van der Waals surface area contributed by atoms with Crippen LogP contribution in [-0.4, -0.2) is 40.5 Å². The first-order valence-electron chi connectivity index (χ1n) is 10.4. The van der Waals surface area contributed by atoms with Crippen LogP contribution in [0.25, 0.3) is 10.9 Å². The monoisotopic (exact) mass is 418 g/mol. The van der Waals surface area contributed by atoms with Crippen molar-refractivity contribution in [1.82, 2.24) is 15.2 Å².